The zero-order chi connectivity index (χ0) is 11.7. The molecule has 3 rings (SSSR count). The van der Waals surface area contributed by atoms with Gasteiger partial charge in [-0.05, 0) is 31.0 Å². The number of nitrogens with zero attached hydrogens (tertiary/aromatic N) is 1. The number of nitrogens with one attached hydrogen (secondary N) is 2. The fraction of sp³-hybridized carbons (Fsp3) is 0.333. The molecule has 0 saturated heterocycles. The molecular weight excluding hydrogens is 234 g/mol. The number of benzene rings is 1. The summed E-state index contributed by atoms with van der Waals surface area (Å²) in [7, 11) is 0. The van der Waals surface area contributed by atoms with Crippen molar-refractivity contribution in [1.82, 2.24) is 10.3 Å². The Bertz CT molecular complexity index is 547. The Labute approximate surface area is 103 Å². The molecule has 2 aromatic rings. The summed E-state index contributed by atoms with van der Waals surface area (Å²) in [5.41, 5.74) is 3.80. The van der Waals surface area contributed by atoms with Gasteiger partial charge in [0, 0.05) is 11.7 Å². The molecule has 0 aliphatic heterocycles. The lowest BCUT2D eigenvalue weighted by Crippen LogP contribution is -2.31. The van der Waals surface area contributed by atoms with Gasteiger partial charge in [-0.15, -0.1) is 11.3 Å². The monoisotopic (exact) mass is 247 g/mol. The van der Waals surface area contributed by atoms with E-state index in [0.29, 0.717) is 12.6 Å². The molecule has 17 heavy (non-hydrogen) atoms. The van der Waals surface area contributed by atoms with Crippen LogP contribution in [-0.4, -0.2) is 23.5 Å². The summed E-state index contributed by atoms with van der Waals surface area (Å²) in [6.07, 6.45) is 2.25. The van der Waals surface area contributed by atoms with E-state index in [2.05, 4.69) is 15.6 Å². The van der Waals surface area contributed by atoms with Crippen LogP contribution in [0.4, 0.5) is 5.69 Å². The van der Waals surface area contributed by atoms with Gasteiger partial charge in [0.2, 0.25) is 5.91 Å². The predicted octanol–water partition coefficient (Wildman–Crippen LogP) is 1.99. The summed E-state index contributed by atoms with van der Waals surface area (Å²) in [5, 5.41) is 6.07. The van der Waals surface area contributed by atoms with Crippen molar-refractivity contribution in [2.24, 2.45) is 0 Å². The van der Waals surface area contributed by atoms with Crippen LogP contribution in [0.25, 0.3) is 10.2 Å². The summed E-state index contributed by atoms with van der Waals surface area (Å²) in [6, 6.07) is 6.37. The Balaban J connectivity index is 1.61. The van der Waals surface area contributed by atoms with Crippen LogP contribution < -0.4 is 10.6 Å². The highest BCUT2D eigenvalue weighted by Gasteiger charge is 2.22. The van der Waals surface area contributed by atoms with Gasteiger partial charge in [-0.3, -0.25) is 4.79 Å². The summed E-state index contributed by atoms with van der Waals surface area (Å²) in [6.45, 7) is 0.334. The van der Waals surface area contributed by atoms with Crippen molar-refractivity contribution in [1.29, 1.82) is 0 Å². The Morgan fingerprint density at radius 2 is 2.35 bits per heavy atom. The van der Waals surface area contributed by atoms with Gasteiger partial charge < -0.3 is 10.6 Å². The Morgan fingerprint density at radius 1 is 1.47 bits per heavy atom. The Morgan fingerprint density at radius 3 is 3.18 bits per heavy atom. The van der Waals surface area contributed by atoms with Crippen LogP contribution in [-0.2, 0) is 4.79 Å². The summed E-state index contributed by atoms with van der Waals surface area (Å²) >= 11 is 1.60. The van der Waals surface area contributed by atoms with E-state index < -0.39 is 0 Å². The highest BCUT2D eigenvalue weighted by atomic mass is 32.1. The first-order valence-corrected chi connectivity index (χ1v) is 6.56. The van der Waals surface area contributed by atoms with Crippen molar-refractivity contribution < 1.29 is 4.79 Å². The predicted molar refractivity (Wildman–Crippen MR) is 69.3 cm³/mol. The van der Waals surface area contributed by atoms with Crippen molar-refractivity contribution in [2.75, 3.05) is 11.9 Å². The van der Waals surface area contributed by atoms with Crippen LogP contribution >= 0.6 is 11.3 Å². The number of rotatable bonds is 4. The second kappa shape index (κ2) is 4.33. The van der Waals surface area contributed by atoms with Crippen molar-refractivity contribution >= 4 is 33.1 Å². The molecule has 4 nitrogen and oxygen atoms in total. The smallest absolute Gasteiger partial charge is 0.239 e. The van der Waals surface area contributed by atoms with E-state index in [0.717, 1.165) is 28.7 Å². The van der Waals surface area contributed by atoms with E-state index in [1.54, 1.807) is 11.3 Å². The maximum absolute atomic E-state index is 11.5. The van der Waals surface area contributed by atoms with E-state index in [1.165, 1.54) is 0 Å². The fourth-order valence-corrected chi connectivity index (χ4v) is 2.37. The quantitative estimate of drug-likeness (QED) is 0.868. The average molecular weight is 247 g/mol. The first kappa shape index (κ1) is 10.5. The zero-order valence-corrected chi connectivity index (χ0v) is 10.1. The molecule has 1 fully saturated rings. The molecule has 0 spiro atoms. The van der Waals surface area contributed by atoms with Crippen LogP contribution in [0, 0.1) is 0 Å². The van der Waals surface area contributed by atoms with Crippen LogP contribution in [0.2, 0.25) is 0 Å². The third-order valence-corrected chi connectivity index (χ3v) is 3.52. The third kappa shape index (κ3) is 2.55. The SMILES string of the molecule is O=C(CNc1ccc2ncsc2c1)NC1CC1. The molecule has 1 aromatic heterocycles. The van der Waals surface area contributed by atoms with Crippen LogP contribution in [0.5, 0.6) is 0 Å². The minimum Gasteiger partial charge on any atom is -0.376 e. The van der Waals surface area contributed by atoms with Gasteiger partial charge in [0.1, 0.15) is 0 Å². The highest BCUT2D eigenvalue weighted by molar-refractivity contribution is 7.16. The number of aromatic nitrogens is 1. The molecule has 2 N–H and O–H groups in total. The maximum atomic E-state index is 11.5. The van der Waals surface area contributed by atoms with E-state index in [4.69, 9.17) is 0 Å². The molecule has 1 amide bonds. The standard InChI is InChI=1S/C12H13N3OS/c16-12(15-8-1-2-8)6-13-9-3-4-10-11(5-9)17-7-14-10/h3-5,7-8,13H,1-2,6H2,(H,15,16). The second-order valence-electron chi connectivity index (χ2n) is 4.23. The average Bonchev–Trinajstić information content (AvgIpc) is 3.01. The Hall–Kier alpha value is -1.62. The van der Waals surface area contributed by atoms with Gasteiger partial charge in [-0.1, -0.05) is 0 Å². The number of hydrogen-bond acceptors (Lipinski definition) is 4. The van der Waals surface area contributed by atoms with Gasteiger partial charge in [0.25, 0.3) is 0 Å². The topological polar surface area (TPSA) is 54.0 Å². The van der Waals surface area contributed by atoms with E-state index >= 15 is 0 Å². The lowest BCUT2D eigenvalue weighted by molar-refractivity contribution is -0.119. The molecule has 0 bridgehead atoms. The third-order valence-electron chi connectivity index (χ3n) is 2.73. The molecule has 1 aliphatic rings. The highest BCUT2D eigenvalue weighted by Crippen LogP contribution is 2.21. The zero-order valence-electron chi connectivity index (χ0n) is 9.27. The van der Waals surface area contributed by atoms with E-state index in [-0.39, 0.29) is 5.91 Å². The lowest BCUT2D eigenvalue weighted by atomic mass is 10.3. The number of hydrogen-bond donors (Lipinski definition) is 2. The summed E-state index contributed by atoms with van der Waals surface area (Å²) in [4.78, 5) is 15.7. The summed E-state index contributed by atoms with van der Waals surface area (Å²) in [5.74, 6) is 0.0666. The molecule has 1 aliphatic carbocycles. The number of thiazole rings is 1. The van der Waals surface area contributed by atoms with Crippen LogP contribution in [0.1, 0.15) is 12.8 Å². The van der Waals surface area contributed by atoms with Gasteiger partial charge >= 0.3 is 0 Å². The molecule has 0 unspecified atom stereocenters. The van der Waals surface area contributed by atoms with Crippen molar-refractivity contribution in [2.45, 2.75) is 18.9 Å². The largest absolute Gasteiger partial charge is 0.376 e. The molecular formula is C12H13N3OS. The maximum Gasteiger partial charge on any atom is 0.239 e. The molecule has 0 radical (unpaired) electrons. The van der Waals surface area contributed by atoms with E-state index in [9.17, 15) is 4.79 Å². The van der Waals surface area contributed by atoms with Crippen LogP contribution in [0.3, 0.4) is 0 Å². The van der Waals surface area contributed by atoms with Gasteiger partial charge in [-0.25, -0.2) is 4.98 Å². The normalized spacial score (nSPS) is 14.8. The Kier molecular flexibility index (Phi) is 2.68. The van der Waals surface area contributed by atoms with Crippen molar-refractivity contribution in [3.8, 4) is 0 Å². The molecule has 88 valence electrons. The second-order valence-corrected chi connectivity index (χ2v) is 5.12. The van der Waals surface area contributed by atoms with Crippen molar-refractivity contribution in [3.63, 3.8) is 0 Å². The fourth-order valence-electron chi connectivity index (χ4n) is 1.65. The molecule has 5 heteroatoms. The van der Waals surface area contributed by atoms with Gasteiger partial charge in [0.15, 0.2) is 0 Å². The number of carbonyl (C=O) groups excluding carboxylic acids is 1. The lowest BCUT2D eigenvalue weighted by Gasteiger charge is -2.06. The molecule has 1 saturated carbocycles. The number of carbonyl (C=O) groups is 1. The minimum absolute atomic E-state index is 0.0666. The van der Waals surface area contributed by atoms with Gasteiger partial charge in [-0.2, -0.15) is 0 Å². The number of fused-ring (bicyclic) bond motifs is 1. The van der Waals surface area contributed by atoms with Crippen molar-refractivity contribution in [3.05, 3.63) is 23.7 Å². The van der Waals surface area contributed by atoms with E-state index in [1.807, 2.05) is 23.7 Å². The van der Waals surface area contributed by atoms with Crippen LogP contribution in [0.15, 0.2) is 23.7 Å². The minimum atomic E-state index is 0.0666. The molecule has 1 heterocycles. The van der Waals surface area contributed by atoms with Gasteiger partial charge in [0.05, 0.1) is 22.3 Å². The molecule has 1 aromatic carbocycles. The number of anilines is 1. The molecule has 0 atom stereocenters. The number of amides is 1. The summed E-state index contributed by atoms with van der Waals surface area (Å²) < 4.78 is 1.14. The first-order valence-electron chi connectivity index (χ1n) is 5.68. The first-order chi connectivity index (χ1) is 8.31.